The van der Waals surface area contributed by atoms with E-state index >= 15 is 0 Å². The van der Waals surface area contributed by atoms with Crippen molar-refractivity contribution in [3.8, 4) is 0 Å². The molecule has 2 atom stereocenters. The van der Waals surface area contributed by atoms with Crippen molar-refractivity contribution in [3.05, 3.63) is 0 Å². The van der Waals surface area contributed by atoms with Crippen molar-refractivity contribution < 1.29 is 24.2 Å². The van der Waals surface area contributed by atoms with Gasteiger partial charge in [0.15, 0.2) is 0 Å². The number of nitrogens with one attached hydrogen (secondary N) is 2. The number of piperidine rings is 1. The largest absolute Gasteiger partial charge is 0.480 e. The van der Waals surface area contributed by atoms with Gasteiger partial charge in [-0.25, -0.2) is 9.59 Å². The Morgan fingerprint density at radius 3 is 2.71 bits per heavy atom. The third-order valence-corrected chi connectivity index (χ3v) is 3.49. The van der Waals surface area contributed by atoms with E-state index in [1.54, 1.807) is 0 Å². The van der Waals surface area contributed by atoms with E-state index in [9.17, 15) is 14.4 Å². The lowest BCUT2D eigenvalue weighted by Gasteiger charge is -2.32. The highest BCUT2D eigenvalue weighted by Gasteiger charge is 2.26. The van der Waals surface area contributed by atoms with Gasteiger partial charge in [-0.15, -0.1) is 0 Å². The molecule has 1 fully saturated rings. The first-order valence-electron chi connectivity index (χ1n) is 7.05. The van der Waals surface area contributed by atoms with Gasteiger partial charge in [0.2, 0.25) is 0 Å². The first-order chi connectivity index (χ1) is 9.96. The first kappa shape index (κ1) is 17.2. The van der Waals surface area contributed by atoms with Crippen LogP contribution in [0.25, 0.3) is 0 Å². The molecule has 8 heteroatoms. The topological polar surface area (TPSA) is 108 Å². The molecule has 120 valence electrons. The van der Waals surface area contributed by atoms with Crippen molar-refractivity contribution in [3.63, 3.8) is 0 Å². The number of urea groups is 1. The molecule has 0 bridgehead atoms. The second kappa shape index (κ2) is 8.46. The Balaban J connectivity index is 2.46. The van der Waals surface area contributed by atoms with E-state index in [0.29, 0.717) is 0 Å². The molecule has 0 aromatic rings. The van der Waals surface area contributed by atoms with E-state index in [1.807, 2.05) is 0 Å². The molecule has 2 amide bonds. The number of carbonyl (C=O) groups excluding carboxylic acids is 2. The highest BCUT2D eigenvalue weighted by molar-refractivity contribution is 5.86. The molecule has 1 unspecified atom stereocenters. The predicted molar refractivity (Wildman–Crippen MR) is 74.9 cm³/mol. The molecule has 21 heavy (non-hydrogen) atoms. The maximum atomic E-state index is 11.8. The Morgan fingerprint density at radius 1 is 1.43 bits per heavy atom. The van der Waals surface area contributed by atoms with Crippen LogP contribution in [0.3, 0.4) is 0 Å². The number of likely N-dealkylation sites (tertiary alicyclic amines) is 1. The van der Waals surface area contributed by atoms with Crippen LogP contribution in [0, 0.1) is 0 Å². The van der Waals surface area contributed by atoms with E-state index in [0.717, 1.165) is 32.5 Å². The monoisotopic (exact) mass is 301 g/mol. The lowest BCUT2D eigenvalue weighted by atomic mass is 10.1. The molecule has 0 aromatic carbocycles. The summed E-state index contributed by atoms with van der Waals surface area (Å²) >= 11 is 0. The fraction of sp³-hybridized carbons (Fsp3) is 0.769. The molecule has 0 aromatic heterocycles. The molecule has 0 spiro atoms. The van der Waals surface area contributed by atoms with Gasteiger partial charge in [0.1, 0.15) is 6.04 Å². The third kappa shape index (κ3) is 5.99. The molecule has 8 nitrogen and oxygen atoms in total. The number of hydrogen-bond acceptors (Lipinski definition) is 5. The van der Waals surface area contributed by atoms with Gasteiger partial charge >= 0.3 is 18.0 Å². The number of aliphatic carboxylic acids is 1. The van der Waals surface area contributed by atoms with Gasteiger partial charge in [-0.05, 0) is 25.9 Å². The number of carboxylic acid groups (broad SMARTS) is 1. The van der Waals surface area contributed by atoms with Gasteiger partial charge in [0.05, 0.1) is 13.5 Å². The van der Waals surface area contributed by atoms with Crippen molar-refractivity contribution in [1.29, 1.82) is 0 Å². The number of esters is 1. The van der Waals surface area contributed by atoms with Crippen LogP contribution in [0.2, 0.25) is 0 Å². The normalized spacial score (nSPS) is 20.4. The quantitative estimate of drug-likeness (QED) is 0.586. The van der Waals surface area contributed by atoms with Gasteiger partial charge in [-0.2, -0.15) is 0 Å². The van der Waals surface area contributed by atoms with Gasteiger partial charge in [-0.3, -0.25) is 4.79 Å². The number of ether oxygens (including phenoxy) is 1. The van der Waals surface area contributed by atoms with Crippen LogP contribution in [0.5, 0.6) is 0 Å². The lowest BCUT2D eigenvalue weighted by molar-refractivity contribution is -0.147. The van der Waals surface area contributed by atoms with Gasteiger partial charge in [0.25, 0.3) is 0 Å². The highest BCUT2D eigenvalue weighted by Crippen LogP contribution is 2.09. The summed E-state index contributed by atoms with van der Waals surface area (Å²) in [7, 11) is 1.17. The zero-order valence-electron chi connectivity index (χ0n) is 12.4. The van der Waals surface area contributed by atoms with E-state index in [-0.39, 0.29) is 6.04 Å². The number of methoxy groups -OCH3 is 1. The molecule has 0 aliphatic carbocycles. The Labute approximate surface area is 123 Å². The van der Waals surface area contributed by atoms with Crippen LogP contribution in [0.4, 0.5) is 4.79 Å². The molecule has 0 saturated carbocycles. The number of hydrogen-bond donors (Lipinski definition) is 3. The van der Waals surface area contributed by atoms with Crippen molar-refractivity contribution in [2.45, 2.75) is 38.3 Å². The highest BCUT2D eigenvalue weighted by atomic mass is 16.5. The summed E-state index contributed by atoms with van der Waals surface area (Å²) in [5.41, 5.74) is 0. The maximum Gasteiger partial charge on any atom is 0.326 e. The van der Waals surface area contributed by atoms with E-state index in [1.165, 1.54) is 7.11 Å². The lowest BCUT2D eigenvalue weighted by Crippen LogP contribution is -2.53. The van der Waals surface area contributed by atoms with Crippen LogP contribution in [-0.4, -0.2) is 66.8 Å². The summed E-state index contributed by atoms with van der Waals surface area (Å²) in [5.74, 6) is -1.95. The first-order valence-corrected chi connectivity index (χ1v) is 7.05. The fourth-order valence-corrected chi connectivity index (χ4v) is 2.30. The molecule has 1 aliphatic heterocycles. The van der Waals surface area contributed by atoms with Crippen molar-refractivity contribution in [2.75, 3.05) is 26.7 Å². The number of likely N-dealkylation sites (N-methyl/N-ethyl adjacent to an activating group) is 1. The Kier molecular flexibility index (Phi) is 6.93. The average Bonchev–Trinajstić information content (AvgIpc) is 2.46. The van der Waals surface area contributed by atoms with Crippen molar-refractivity contribution in [2.24, 2.45) is 0 Å². The summed E-state index contributed by atoms with van der Waals surface area (Å²) < 4.78 is 4.41. The minimum absolute atomic E-state index is 0.00808. The van der Waals surface area contributed by atoms with E-state index in [2.05, 4.69) is 27.2 Å². The van der Waals surface area contributed by atoms with E-state index < -0.39 is 30.4 Å². The third-order valence-electron chi connectivity index (χ3n) is 3.49. The molecule has 1 rings (SSSR count). The van der Waals surface area contributed by atoms with Crippen molar-refractivity contribution in [1.82, 2.24) is 15.5 Å². The van der Waals surface area contributed by atoms with Crippen LogP contribution < -0.4 is 10.6 Å². The molecule has 3 N–H and O–H groups in total. The van der Waals surface area contributed by atoms with Crippen LogP contribution in [-0.2, 0) is 14.3 Å². The number of nitrogens with zero attached hydrogens (tertiary/aromatic N) is 1. The molecule has 1 heterocycles. The molecule has 0 radical (unpaired) electrons. The zero-order chi connectivity index (χ0) is 15.8. The summed E-state index contributed by atoms with van der Waals surface area (Å²) in [4.78, 5) is 36.2. The molecular formula is C13H23N3O5. The molecule has 1 saturated heterocycles. The molecular weight excluding hydrogens is 278 g/mol. The number of amides is 2. The number of carbonyl (C=O) groups is 3. The van der Waals surface area contributed by atoms with Gasteiger partial charge in [-0.1, -0.05) is 6.92 Å². The van der Waals surface area contributed by atoms with Crippen LogP contribution in [0.15, 0.2) is 0 Å². The van der Waals surface area contributed by atoms with Crippen LogP contribution in [0.1, 0.15) is 26.2 Å². The van der Waals surface area contributed by atoms with E-state index in [4.69, 9.17) is 5.11 Å². The second-order valence-electron chi connectivity index (χ2n) is 5.02. The Morgan fingerprint density at radius 2 is 2.14 bits per heavy atom. The van der Waals surface area contributed by atoms with Crippen LogP contribution >= 0.6 is 0 Å². The van der Waals surface area contributed by atoms with Gasteiger partial charge in [0, 0.05) is 12.6 Å². The minimum atomic E-state index is -1.29. The minimum Gasteiger partial charge on any atom is -0.480 e. The smallest absolute Gasteiger partial charge is 0.326 e. The molecule has 1 aliphatic rings. The maximum absolute atomic E-state index is 11.8. The zero-order valence-corrected chi connectivity index (χ0v) is 12.4. The summed E-state index contributed by atoms with van der Waals surface area (Å²) in [6, 6.07) is -1.87. The summed E-state index contributed by atoms with van der Waals surface area (Å²) in [6.45, 7) is 4.73. The average molecular weight is 301 g/mol. The SMILES string of the molecule is CCN1CCCC(NC(=O)N[C@@H](CC(=O)OC)C(=O)O)C1. The second-order valence-corrected chi connectivity index (χ2v) is 5.02. The Bertz CT molecular complexity index is 388. The van der Waals surface area contributed by atoms with Crippen molar-refractivity contribution >= 4 is 18.0 Å². The summed E-state index contributed by atoms with van der Waals surface area (Å²) in [6.07, 6.45) is 1.45. The number of carboxylic acids is 1. The standard InChI is InChI=1S/C13H23N3O5/c1-3-16-6-4-5-9(8-16)14-13(20)15-10(12(18)19)7-11(17)21-2/h9-10H,3-8H2,1-2H3,(H,18,19)(H2,14,15,20)/t9?,10-/m0/s1. The predicted octanol–water partition coefficient (Wildman–Crippen LogP) is -0.214. The van der Waals surface area contributed by atoms with Gasteiger partial charge < -0.3 is 25.4 Å². The number of rotatable bonds is 6. The summed E-state index contributed by atoms with van der Waals surface area (Å²) in [5, 5.41) is 14.0. The Hall–Kier alpha value is -1.83. The fourth-order valence-electron chi connectivity index (χ4n) is 2.30.